The van der Waals surface area contributed by atoms with Crippen LogP contribution in [-0.2, 0) is 4.79 Å². The average Bonchev–Trinajstić information content (AvgIpc) is 2.23. The second-order valence-corrected chi connectivity index (χ2v) is 4.31. The highest BCUT2D eigenvalue weighted by Gasteiger charge is 2.04. The summed E-state index contributed by atoms with van der Waals surface area (Å²) in [6.07, 6.45) is -0.546. The molecular formula is C11H14BrNO3. The molecule has 88 valence electrons. The van der Waals surface area contributed by atoms with Gasteiger partial charge >= 0.3 is 0 Å². The van der Waals surface area contributed by atoms with Gasteiger partial charge in [0.15, 0.2) is 6.61 Å². The predicted molar refractivity (Wildman–Crippen MR) is 64.3 cm³/mol. The minimum atomic E-state index is -0.546. The van der Waals surface area contributed by atoms with Crippen molar-refractivity contribution in [2.24, 2.45) is 0 Å². The molecule has 1 atom stereocenters. The van der Waals surface area contributed by atoms with E-state index in [9.17, 15) is 4.79 Å². The zero-order valence-corrected chi connectivity index (χ0v) is 10.5. The van der Waals surface area contributed by atoms with Crippen molar-refractivity contribution in [2.75, 3.05) is 13.2 Å². The molecule has 0 aliphatic carbocycles. The maximum absolute atomic E-state index is 11.2. The summed E-state index contributed by atoms with van der Waals surface area (Å²) < 4.78 is 6.15. The molecule has 4 nitrogen and oxygen atoms in total. The van der Waals surface area contributed by atoms with Crippen LogP contribution in [-0.4, -0.2) is 30.3 Å². The maximum atomic E-state index is 11.2. The number of carbonyl (C=O) groups is 1. The van der Waals surface area contributed by atoms with Crippen LogP contribution in [0, 0.1) is 0 Å². The minimum absolute atomic E-state index is 0.0524. The molecule has 1 rings (SSSR count). The van der Waals surface area contributed by atoms with Crippen molar-refractivity contribution in [2.45, 2.75) is 13.0 Å². The van der Waals surface area contributed by atoms with Crippen LogP contribution in [0.15, 0.2) is 28.7 Å². The van der Waals surface area contributed by atoms with E-state index < -0.39 is 6.10 Å². The summed E-state index contributed by atoms with van der Waals surface area (Å²) in [5, 5.41) is 11.5. The summed E-state index contributed by atoms with van der Waals surface area (Å²) in [4.78, 5) is 11.2. The third-order valence-corrected chi connectivity index (χ3v) is 2.25. The van der Waals surface area contributed by atoms with Crippen LogP contribution in [0.25, 0.3) is 0 Å². The number of aliphatic hydroxyl groups is 1. The topological polar surface area (TPSA) is 58.6 Å². The van der Waals surface area contributed by atoms with Crippen molar-refractivity contribution in [3.05, 3.63) is 28.7 Å². The van der Waals surface area contributed by atoms with Gasteiger partial charge in [-0.2, -0.15) is 0 Å². The summed E-state index contributed by atoms with van der Waals surface area (Å²) in [6, 6.07) is 7.25. The highest BCUT2D eigenvalue weighted by Crippen LogP contribution is 2.17. The Kier molecular flexibility index (Phi) is 5.28. The van der Waals surface area contributed by atoms with Crippen LogP contribution in [0.2, 0.25) is 0 Å². The lowest BCUT2D eigenvalue weighted by Gasteiger charge is -2.08. The van der Waals surface area contributed by atoms with E-state index in [-0.39, 0.29) is 19.1 Å². The summed E-state index contributed by atoms with van der Waals surface area (Å²) in [5.74, 6) is 0.377. The summed E-state index contributed by atoms with van der Waals surface area (Å²) >= 11 is 3.31. The van der Waals surface area contributed by atoms with Gasteiger partial charge in [0.2, 0.25) is 0 Å². The van der Waals surface area contributed by atoms with E-state index >= 15 is 0 Å². The normalized spacial score (nSPS) is 11.9. The molecule has 0 fully saturated rings. The van der Waals surface area contributed by atoms with Gasteiger partial charge in [0.1, 0.15) is 5.75 Å². The first-order valence-corrected chi connectivity index (χ1v) is 5.70. The Hall–Kier alpha value is -1.07. The molecule has 1 amide bonds. The van der Waals surface area contributed by atoms with Gasteiger partial charge in [-0.15, -0.1) is 0 Å². The molecule has 0 spiro atoms. The smallest absolute Gasteiger partial charge is 0.258 e. The Morgan fingerprint density at radius 3 is 3.00 bits per heavy atom. The molecule has 0 heterocycles. The molecular weight excluding hydrogens is 274 g/mol. The van der Waals surface area contributed by atoms with Crippen molar-refractivity contribution < 1.29 is 14.6 Å². The van der Waals surface area contributed by atoms with Crippen molar-refractivity contribution >= 4 is 21.8 Å². The monoisotopic (exact) mass is 287 g/mol. The van der Waals surface area contributed by atoms with Gasteiger partial charge < -0.3 is 15.2 Å². The lowest BCUT2D eigenvalue weighted by molar-refractivity contribution is -0.123. The third-order valence-electron chi connectivity index (χ3n) is 1.76. The zero-order chi connectivity index (χ0) is 12.0. The second-order valence-electron chi connectivity index (χ2n) is 3.40. The third kappa shape index (κ3) is 5.14. The number of hydrogen-bond donors (Lipinski definition) is 2. The van der Waals surface area contributed by atoms with Crippen molar-refractivity contribution in [3.8, 4) is 5.75 Å². The van der Waals surface area contributed by atoms with E-state index in [1.54, 1.807) is 19.1 Å². The maximum Gasteiger partial charge on any atom is 0.258 e. The Morgan fingerprint density at radius 2 is 2.38 bits per heavy atom. The van der Waals surface area contributed by atoms with Crippen LogP contribution < -0.4 is 10.1 Å². The van der Waals surface area contributed by atoms with E-state index in [1.165, 1.54) is 0 Å². The minimum Gasteiger partial charge on any atom is -0.484 e. The van der Waals surface area contributed by atoms with Crippen LogP contribution in [0.1, 0.15) is 6.92 Å². The first-order valence-electron chi connectivity index (χ1n) is 4.91. The number of benzene rings is 1. The Labute approximate surface area is 103 Å². The van der Waals surface area contributed by atoms with Crippen LogP contribution in [0.3, 0.4) is 0 Å². The fourth-order valence-corrected chi connectivity index (χ4v) is 1.40. The first-order chi connectivity index (χ1) is 7.58. The van der Waals surface area contributed by atoms with E-state index in [2.05, 4.69) is 21.2 Å². The van der Waals surface area contributed by atoms with Gasteiger partial charge in [0, 0.05) is 11.0 Å². The van der Waals surface area contributed by atoms with Crippen molar-refractivity contribution in [3.63, 3.8) is 0 Å². The van der Waals surface area contributed by atoms with E-state index in [4.69, 9.17) is 9.84 Å². The van der Waals surface area contributed by atoms with Gasteiger partial charge in [0.05, 0.1) is 6.10 Å². The number of aliphatic hydroxyl groups excluding tert-OH is 1. The van der Waals surface area contributed by atoms with E-state index in [0.717, 1.165) is 4.47 Å². The Morgan fingerprint density at radius 1 is 1.62 bits per heavy atom. The highest BCUT2D eigenvalue weighted by molar-refractivity contribution is 9.10. The summed E-state index contributed by atoms with van der Waals surface area (Å²) in [5.41, 5.74) is 0. The molecule has 0 unspecified atom stereocenters. The molecule has 0 aliphatic heterocycles. The molecule has 1 aromatic carbocycles. The van der Waals surface area contributed by atoms with Crippen LogP contribution in [0.5, 0.6) is 5.75 Å². The lowest BCUT2D eigenvalue weighted by Crippen LogP contribution is -2.34. The van der Waals surface area contributed by atoms with Gasteiger partial charge in [-0.05, 0) is 25.1 Å². The second kappa shape index (κ2) is 6.50. The van der Waals surface area contributed by atoms with Gasteiger partial charge in [-0.3, -0.25) is 4.79 Å². The van der Waals surface area contributed by atoms with Gasteiger partial charge in [-0.25, -0.2) is 0 Å². The number of hydrogen-bond acceptors (Lipinski definition) is 3. The molecule has 0 bridgehead atoms. The van der Waals surface area contributed by atoms with Crippen LogP contribution >= 0.6 is 15.9 Å². The molecule has 2 N–H and O–H groups in total. The lowest BCUT2D eigenvalue weighted by atomic mass is 10.3. The number of nitrogens with one attached hydrogen (secondary N) is 1. The molecule has 0 saturated carbocycles. The fourth-order valence-electron chi connectivity index (χ4n) is 1.02. The van der Waals surface area contributed by atoms with E-state index in [1.807, 2.05) is 12.1 Å². The average molecular weight is 288 g/mol. The highest BCUT2D eigenvalue weighted by atomic mass is 79.9. The van der Waals surface area contributed by atoms with Crippen molar-refractivity contribution in [1.82, 2.24) is 5.32 Å². The number of ether oxygens (including phenoxy) is 1. The Balaban J connectivity index is 2.31. The van der Waals surface area contributed by atoms with Gasteiger partial charge in [-0.1, -0.05) is 22.0 Å². The Bertz CT molecular complexity index is 355. The molecule has 0 aliphatic rings. The molecule has 16 heavy (non-hydrogen) atoms. The summed E-state index contributed by atoms with van der Waals surface area (Å²) in [6.45, 7) is 1.79. The van der Waals surface area contributed by atoms with Gasteiger partial charge in [0.25, 0.3) is 5.91 Å². The predicted octanol–water partition coefficient (Wildman–Crippen LogP) is 1.32. The molecule has 0 saturated heterocycles. The first kappa shape index (κ1) is 13.0. The largest absolute Gasteiger partial charge is 0.484 e. The summed E-state index contributed by atoms with van der Waals surface area (Å²) in [7, 11) is 0. The molecule has 0 radical (unpaired) electrons. The van der Waals surface area contributed by atoms with Crippen molar-refractivity contribution in [1.29, 1.82) is 0 Å². The molecule has 1 aromatic rings. The number of rotatable bonds is 5. The van der Waals surface area contributed by atoms with Crippen LogP contribution in [0.4, 0.5) is 0 Å². The SMILES string of the molecule is C[C@H](O)CNC(=O)COc1cccc(Br)c1. The number of carbonyl (C=O) groups excluding carboxylic acids is 1. The molecule has 5 heteroatoms. The number of amides is 1. The molecule has 0 aromatic heterocycles. The quantitative estimate of drug-likeness (QED) is 0.859. The number of halogens is 1. The standard InChI is InChI=1S/C11H14BrNO3/c1-8(14)6-13-11(15)7-16-10-4-2-3-9(12)5-10/h2-5,8,14H,6-7H2,1H3,(H,13,15)/t8-/m0/s1. The fraction of sp³-hybridized carbons (Fsp3) is 0.364. The zero-order valence-electron chi connectivity index (χ0n) is 8.94. The van der Waals surface area contributed by atoms with E-state index in [0.29, 0.717) is 5.75 Å².